The van der Waals surface area contributed by atoms with Crippen LogP contribution >= 0.6 is 0 Å². The highest BCUT2D eigenvalue weighted by Crippen LogP contribution is 2.44. The van der Waals surface area contributed by atoms with E-state index in [2.05, 4.69) is 10.6 Å². The zero-order chi connectivity index (χ0) is 18.6. The SMILES string of the molecule is CNC(=O)[C@@H](NC(=O)c1ccc(C2CC2)c(OCCF)c1)C(C)(C)C. The fourth-order valence-corrected chi connectivity index (χ4v) is 2.71. The number of benzene rings is 1. The minimum Gasteiger partial charge on any atom is -0.491 e. The predicted octanol–water partition coefficient (Wildman–Crippen LogP) is 2.80. The molecule has 1 saturated carbocycles. The molecule has 1 aromatic carbocycles. The molecule has 1 aromatic rings. The fraction of sp³-hybridized carbons (Fsp3) is 0.579. The van der Waals surface area contributed by atoms with Gasteiger partial charge in [-0.15, -0.1) is 0 Å². The molecular formula is C19H27FN2O3. The highest BCUT2D eigenvalue weighted by atomic mass is 19.1. The van der Waals surface area contributed by atoms with Crippen molar-refractivity contribution in [3.8, 4) is 5.75 Å². The van der Waals surface area contributed by atoms with E-state index in [1.807, 2.05) is 26.8 Å². The molecule has 0 heterocycles. The number of amides is 2. The summed E-state index contributed by atoms with van der Waals surface area (Å²) in [6.07, 6.45) is 2.17. The van der Waals surface area contributed by atoms with E-state index in [-0.39, 0.29) is 18.4 Å². The second kappa shape index (κ2) is 7.85. The van der Waals surface area contributed by atoms with Gasteiger partial charge >= 0.3 is 0 Å². The molecule has 2 rings (SSSR count). The third kappa shape index (κ3) is 4.94. The van der Waals surface area contributed by atoms with Crippen LogP contribution in [0.5, 0.6) is 5.75 Å². The first kappa shape index (κ1) is 19.2. The van der Waals surface area contributed by atoms with Gasteiger partial charge in [-0.05, 0) is 41.9 Å². The number of ether oxygens (including phenoxy) is 1. The Bertz CT molecular complexity index is 636. The molecule has 2 amide bonds. The van der Waals surface area contributed by atoms with Crippen molar-refractivity contribution in [3.05, 3.63) is 29.3 Å². The van der Waals surface area contributed by atoms with Crippen molar-refractivity contribution in [2.24, 2.45) is 5.41 Å². The quantitative estimate of drug-likeness (QED) is 0.795. The first-order valence-electron chi connectivity index (χ1n) is 8.63. The number of nitrogens with one attached hydrogen (secondary N) is 2. The summed E-state index contributed by atoms with van der Waals surface area (Å²) >= 11 is 0. The maximum absolute atomic E-state index is 12.6. The zero-order valence-corrected chi connectivity index (χ0v) is 15.3. The number of hydrogen-bond donors (Lipinski definition) is 2. The number of hydrogen-bond acceptors (Lipinski definition) is 3. The summed E-state index contributed by atoms with van der Waals surface area (Å²) in [5.41, 5.74) is 0.983. The Morgan fingerprint density at radius 3 is 2.52 bits per heavy atom. The lowest BCUT2D eigenvalue weighted by Crippen LogP contribution is -2.52. The van der Waals surface area contributed by atoms with Crippen molar-refractivity contribution in [3.63, 3.8) is 0 Å². The summed E-state index contributed by atoms with van der Waals surface area (Å²) in [6.45, 7) is 5.05. The lowest BCUT2D eigenvalue weighted by molar-refractivity contribution is -0.124. The summed E-state index contributed by atoms with van der Waals surface area (Å²) in [7, 11) is 1.54. The molecule has 2 N–H and O–H groups in total. The molecule has 5 nitrogen and oxygen atoms in total. The minimum atomic E-state index is -0.664. The molecule has 1 fully saturated rings. The number of carbonyl (C=O) groups is 2. The molecule has 0 bridgehead atoms. The number of halogens is 1. The third-order valence-electron chi connectivity index (χ3n) is 4.28. The van der Waals surface area contributed by atoms with Crippen molar-refractivity contribution in [2.45, 2.75) is 45.6 Å². The van der Waals surface area contributed by atoms with E-state index in [0.29, 0.717) is 17.2 Å². The fourth-order valence-electron chi connectivity index (χ4n) is 2.71. The third-order valence-corrected chi connectivity index (χ3v) is 4.28. The van der Waals surface area contributed by atoms with Crippen LogP contribution in [0, 0.1) is 5.41 Å². The van der Waals surface area contributed by atoms with E-state index >= 15 is 0 Å². The standard InChI is InChI=1S/C19H27FN2O3/c1-19(2,3)16(18(24)21-4)22-17(23)13-7-8-14(12-5-6-12)15(11-13)25-10-9-20/h7-8,11-12,16H,5-6,9-10H2,1-4H3,(H,21,24)(H,22,23)/t16-/m1/s1. The predicted molar refractivity (Wildman–Crippen MR) is 94.7 cm³/mol. The van der Waals surface area contributed by atoms with E-state index < -0.39 is 18.1 Å². The van der Waals surface area contributed by atoms with Crippen LogP contribution in [-0.4, -0.2) is 38.2 Å². The van der Waals surface area contributed by atoms with Gasteiger partial charge in [0.1, 0.15) is 25.1 Å². The number of alkyl halides is 1. The normalized spacial score (nSPS) is 15.4. The van der Waals surface area contributed by atoms with Gasteiger partial charge < -0.3 is 15.4 Å². The van der Waals surface area contributed by atoms with Gasteiger partial charge in [0.2, 0.25) is 5.91 Å². The molecule has 0 radical (unpaired) electrons. The van der Waals surface area contributed by atoms with Crippen LogP contribution in [-0.2, 0) is 4.79 Å². The Morgan fingerprint density at radius 2 is 2.00 bits per heavy atom. The smallest absolute Gasteiger partial charge is 0.252 e. The highest BCUT2D eigenvalue weighted by molar-refractivity contribution is 5.98. The van der Waals surface area contributed by atoms with Crippen LogP contribution in [0.4, 0.5) is 4.39 Å². The minimum absolute atomic E-state index is 0.0341. The van der Waals surface area contributed by atoms with E-state index in [1.165, 1.54) is 0 Å². The van der Waals surface area contributed by atoms with Gasteiger partial charge in [0.25, 0.3) is 5.91 Å². The molecule has 6 heteroatoms. The van der Waals surface area contributed by atoms with Gasteiger partial charge in [-0.25, -0.2) is 4.39 Å². The second-order valence-electron chi connectivity index (χ2n) is 7.45. The van der Waals surface area contributed by atoms with Gasteiger partial charge in [0, 0.05) is 12.6 Å². The van der Waals surface area contributed by atoms with Gasteiger partial charge in [-0.3, -0.25) is 9.59 Å². The Balaban J connectivity index is 2.21. The summed E-state index contributed by atoms with van der Waals surface area (Å²) in [6, 6.07) is 4.58. The molecule has 1 atom stereocenters. The van der Waals surface area contributed by atoms with Crippen molar-refractivity contribution in [1.82, 2.24) is 10.6 Å². The van der Waals surface area contributed by atoms with E-state index in [9.17, 15) is 14.0 Å². The molecule has 25 heavy (non-hydrogen) atoms. The van der Waals surface area contributed by atoms with Gasteiger partial charge in [-0.2, -0.15) is 0 Å². The molecule has 138 valence electrons. The number of rotatable bonds is 7. The van der Waals surface area contributed by atoms with E-state index in [4.69, 9.17) is 4.74 Å². The molecule has 1 aliphatic rings. The Morgan fingerprint density at radius 1 is 1.32 bits per heavy atom. The molecule has 0 saturated heterocycles. The second-order valence-corrected chi connectivity index (χ2v) is 7.45. The zero-order valence-electron chi connectivity index (χ0n) is 15.3. The number of carbonyl (C=O) groups excluding carboxylic acids is 2. The molecule has 0 unspecified atom stereocenters. The van der Waals surface area contributed by atoms with E-state index in [0.717, 1.165) is 18.4 Å². The average molecular weight is 350 g/mol. The summed E-state index contributed by atoms with van der Waals surface area (Å²) in [4.78, 5) is 24.7. The van der Waals surface area contributed by atoms with E-state index in [1.54, 1.807) is 19.2 Å². The van der Waals surface area contributed by atoms with Crippen molar-refractivity contribution < 1.29 is 18.7 Å². The van der Waals surface area contributed by atoms with Crippen molar-refractivity contribution in [1.29, 1.82) is 0 Å². The van der Waals surface area contributed by atoms with Gasteiger partial charge in [-0.1, -0.05) is 26.8 Å². The number of likely N-dealkylation sites (N-methyl/N-ethyl adjacent to an activating group) is 1. The molecule has 0 aromatic heterocycles. The van der Waals surface area contributed by atoms with Crippen LogP contribution in [0.1, 0.15) is 55.5 Å². The molecular weight excluding hydrogens is 323 g/mol. The van der Waals surface area contributed by atoms with Crippen LogP contribution < -0.4 is 15.4 Å². The van der Waals surface area contributed by atoms with Crippen LogP contribution in [0.15, 0.2) is 18.2 Å². The van der Waals surface area contributed by atoms with Crippen molar-refractivity contribution >= 4 is 11.8 Å². The molecule has 0 aliphatic heterocycles. The first-order valence-corrected chi connectivity index (χ1v) is 8.63. The molecule has 1 aliphatic carbocycles. The van der Waals surface area contributed by atoms with Crippen molar-refractivity contribution in [2.75, 3.05) is 20.3 Å². The molecule has 0 spiro atoms. The maximum atomic E-state index is 12.6. The maximum Gasteiger partial charge on any atom is 0.252 e. The van der Waals surface area contributed by atoms with Crippen LogP contribution in [0.25, 0.3) is 0 Å². The lowest BCUT2D eigenvalue weighted by Gasteiger charge is -2.30. The summed E-state index contributed by atoms with van der Waals surface area (Å²) in [5.74, 6) is 0.389. The van der Waals surface area contributed by atoms with Gasteiger partial charge in [0.15, 0.2) is 0 Å². The topological polar surface area (TPSA) is 67.4 Å². The van der Waals surface area contributed by atoms with Crippen LogP contribution in [0.2, 0.25) is 0 Å². The van der Waals surface area contributed by atoms with Gasteiger partial charge in [0.05, 0.1) is 0 Å². The highest BCUT2D eigenvalue weighted by Gasteiger charge is 2.33. The average Bonchev–Trinajstić information content (AvgIpc) is 3.40. The Hall–Kier alpha value is -2.11. The monoisotopic (exact) mass is 350 g/mol. The summed E-state index contributed by atoms with van der Waals surface area (Å²) in [5, 5.41) is 5.37. The Kier molecular flexibility index (Phi) is 6.03. The summed E-state index contributed by atoms with van der Waals surface area (Å²) < 4.78 is 18.0. The van der Waals surface area contributed by atoms with Crippen LogP contribution in [0.3, 0.4) is 0 Å². The Labute approximate surface area is 148 Å². The largest absolute Gasteiger partial charge is 0.491 e. The lowest BCUT2D eigenvalue weighted by atomic mass is 9.86. The first-order chi connectivity index (χ1) is 11.8.